The molecule has 0 saturated carbocycles. The first-order valence-electron chi connectivity index (χ1n) is 4.92. The van der Waals surface area contributed by atoms with Crippen LogP contribution in [0.25, 0.3) is 0 Å². The van der Waals surface area contributed by atoms with Gasteiger partial charge in [-0.05, 0) is 17.0 Å². The third-order valence-corrected chi connectivity index (χ3v) is 3.13. The largest absolute Gasteiger partial charge is 0.397 e. The summed E-state index contributed by atoms with van der Waals surface area (Å²) in [4.78, 5) is 12.3. The Labute approximate surface area is 97.9 Å². The van der Waals surface area contributed by atoms with Crippen molar-refractivity contribution in [3.05, 3.63) is 52.2 Å². The zero-order valence-electron chi connectivity index (χ0n) is 8.64. The van der Waals surface area contributed by atoms with Crippen molar-refractivity contribution in [2.75, 3.05) is 5.73 Å². The lowest BCUT2D eigenvalue weighted by Crippen LogP contribution is -2.22. The number of nitrogens with one attached hydrogen (secondary N) is 1. The molecule has 3 nitrogen and oxygen atoms in total. The van der Waals surface area contributed by atoms with Gasteiger partial charge in [-0.2, -0.15) is 0 Å². The molecule has 0 saturated heterocycles. The van der Waals surface area contributed by atoms with Crippen molar-refractivity contribution in [1.82, 2.24) is 5.32 Å². The number of thiophene rings is 1. The molecule has 0 aliphatic heterocycles. The summed E-state index contributed by atoms with van der Waals surface area (Å²) in [7, 11) is 0. The molecule has 4 heteroatoms. The van der Waals surface area contributed by atoms with Crippen LogP contribution >= 0.6 is 11.3 Å². The second kappa shape index (κ2) is 4.81. The smallest absolute Gasteiger partial charge is 0.263 e. The summed E-state index contributed by atoms with van der Waals surface area (Å²) in [5, 5.41) is 4.65. The summed E-state index contributed by atoms with van der Waals surface area (Å²) in [6, 6.07) is 11.5. The number of amides is 1. The highest BCUT2D eigenvalue weighted by molar-refractivity contribution is 7.12. The SMILES string of the molecule is Nc1ccsc1C(=O)NCc1ccccc1. The molecule has 1 heterocycles. The molecule has 0 unspecified atom stereocenters. The van der Waals surface area contributed by atoms with Crippen LogP contribution < -0.4 is 11.1 Å². The van der Waals surface area contributed by atoms with E-state index in [0.717, 1.165) is 5.56 Å². The average Bonchev–Trinajstić information content (AvgIpc) is 2.74. The predicted octanol–water partition coefficient (Wildman–Crippen LogP) is 2.26. The van der Waals surface area contributed by atoms with Crippen LogP contribution in [-0.4, -0.2) is 5.91 Å². The fraction of sp³-hybridized carbons (Fsp3) is 0.0833. The van der Waals surface area contributed by atoms with Crippen LogP contribution in [0.4, 0.5) is 5.69 Å². The highest BCUT2D eigenvalue weighted by Gasteiger charge is 2.09. The maximum Gasteiger partial charge on any atom is 0.263 e. The van der Waals surface area contributed by atoms with Gasteiger partial charge in [0.1, 0.15) is 4.88 Å². The highest BCUT2D eigenvalue weighted by atomic mass is 32.1. The van der Waals surface area contributed by atoms with Gasteiger partial charge in [-0.1, -0.05) is 30.3 Å². The minimum atomic E-state index is -0.114. The van der Waals surface area contributed by atoms with Crippen LogP contribution in [0, 0.1) is 0 Å². The molecule has 1 aromatic carbocycles. The Bertz CT molecular complexity index is 479. The Balaban J connectivity index is 1.97. The third-order valence-electron chi connectivity index (χ3n) is 2.20. The second-order valence-corrected chi connectivity index (χ2v) is 4.29. The van der Waals surface area contributed by atoms with Gasteiger partial charge in [0.05, 0.1) is 5.69 Å². The number of nitrogen functional groups attached to an aromatic ring is 1. The summed E-state index contributed by atoms with van der Waals surface area (Å²) in [6.45, 7) is 0.525. The Hall–Kier alpha value is -1.81. The second-order valence-electron chi connectivity index (χ2n) is 3.37. The molecule has 0 spiro atoms. The summed E-state index contributed by atoms with van der Waals surface area (Å²) < 4.78 is 0. The van der Waals surface area contributed by atoms with E-state index in [2.05, 4.69) is 5.32 Å². The van der Waals surface area contributed by atoms with E-state index >= 15 is 0 Å². The number of carbonyl (C=O) groups is 1. The van der Waals surface area contributed by atoms with Gasteiger partial charge < -0.3 is 11.1 Å². The van der Waals surface area contributed by atoms with Crippen molar-refractivity contribution in [2.45, 2.75) is 6.54 Å². The monoisotopic (exact) mass is 232 g/mol. The lowest BCUT2D eigenvalue weighted by Gasteiger charge is -2.04. The number of carbonyl (C=O) groups excluding carboxylic acids is 1. The number of benzene rings is 1. The molecular weight excluding hydrogens is 220 g/mol. The van der Waals surface area contributed by atoms with Crippen molar-refractivity contribution in [3.8, 4) is 0 Å². The van der Waals surface area contributed by atoms with Gasteiger partial charge in [0.2, 0.25) is 0 Å². The number of nitrogens with two attached hydrogens (primary N) is 1. The van der Waals surface area contributed by atoms with Crippen LogP contribution in [-0.2, 0) is 6.54 Å². The maximum atomic E-state index is 11.7. The molecule has 16 heavy (non-hydrogen) atoms. The predicted molar refractivity (Wildman–Crippen MR) is 66.3 cm³/mol. The lowest BCUT2D eigenvalue weighted by molar-refractivity contribution is 0.0956. The number of hydrogen-bond acceptors (Lipinski definition) is 3. The van der Waals surface area contributed by atoms with Crippen LogP contribution in [0.5, 0.6) is 0 Å². The fourth-order valence-corrected chi connectivity index (χ4v) is 2.10. The molecule has 0 aliphatic carbocycles. The molecule has 0 bridgehead atoms. The van der Waals surface area contributed by atoms with Crippen molar-refractivity contribution in [1.29, 1.82) is 0 Å². The molecule has 1 aromatic heterocycles. The van der Waals surface area contributed by atoms with E-state index in [1.807, 2.05) is 35.7 Å². The minimum absolute atomic E-state index is 0.114. The van der Waals surface area contributed by atoms with Crippen molar-refractivity contribution in [3.63, 3.8) is 0 Å². The van der Waals surface area contributed by atoms with Gasteiger partial charge in [0.25, 0.3) is 5.91 Å². The van der Waals surface area contributed by atoms with Gasteiger partial charge in [0, 0.05) is 6.54 Å². The number of hydrogen-bond donors (Lipinski definition) is 2. The van der Waals surface area contributed by atoms with Crippen LogP contribution in [0.3, 0.4) is 0 Å². The molecule has 82 valence electrons. The third kappa shape index (κ3) is 2.41. The van der Waals surface area contributed by atoms with E-state index in [1.54, 1.807) is 6.07 Å². The minimum Gasteiger partial charge on any atom is -0.397 e. The average molecular weight is 232 g/mol. The normalized spacial score (nSPS) is 10.0. The Morgan fingerprint density at radius 3 is 2.62 bits per heavy atom. The molecule has 0 atom stereocenters. The standard InChI is InChI=1S/C12H12N2OS/c13-10-6-7-16-11(10)12(15)14-8-9-4-2-1-3-5-9/h1-7H,8,13H2,(H,14,15). The molecule has 3 N–H and O–H groups in total. The van der Waals surface area contributed by atoms with E-state index < -0.39 is 0 Å². The van der Waals surface area contributed by atoms with E-state index in [9.17, 15) is 4.79 Å². The summed E-state index contributed by atoms with van der Waals surface area (Å²) >= 11 is 1.36. The molecule has 0 radical (unpaired) electrons. The first kappa shape index (κ1) is 10.7. The van der Waals surface area contributed by atoms with E-state index in [4.69, 9.17) is 5.73 Å². The van der Waals surface area contributed by atoms with Gasteiger partial charge in [-0.25, -0.2) is 0 Å². The van der Waals surface area contributed by atoms with Crippen molar-refractivity contribution in [2.24, 2.45) is 0 Å². The number of rotatable bonds is 3. The van der Waals surface area contributed by atoms with Crippen LogP contribution in [0.1, 0.15) is 15.2 Å². The Kier molecular flexibility index (Phi) is 3.22. The Morgan fingerprint density at radius 2 is 2.00 bits per heavy atom. The maximum absolute atomic E-state index is 11.7. The van der Waals surface area contributed by atoms with Crippen LogP contribution in [0.15, 0.2) is 41.8 Å². The zero-order valence-corrected chi connectivity index (χ0v) is 9.46. The Morgan fingerprint density at radius 1 is 1.25 bits per heavy atom. The lowest BCUT2D eigenvalue weighted by atomic mass is 10.2. The highest BCUT2D eigenvalue weighted by Crippen LogP contribution is 2.18. The molecule has 2 aromatic rings. The first-order valence-corrected chi connectivity index (χ1v) is 5.80. The molecular formula is C12H12N2OS. The zero-order chi connectivity index (χ0) is 11.4. The van der Waals surface area contributed by atoms with Crippen molar-refractivity contribution < 1.29 is 4.79 Å². The van der Waals surface area contributed by atoms with Crippen LogP contribution in [0.2, 0.25) is 0 Å². The van der Waals surface area contributed by atoms with Gasteiger partial charge >= 0.3 is 0 Å². The topological polar surface area (TPSA) is 55.1 Å². The van der Waals surface area contributed by atoms with E-state index in [1.165, 1.54) is 11.3 Å². The van der Waals surface area contributed by atoms with Crippen molar-refractivity contribution >= 4 is 22.9 Å². The molecule has 0 fully saturated rings. The summed E-state index contributed by atoms with van der Waals surface area (Å²) in [5.41, 5.74) is 7.27. The molecule has 2 rings (SSSR count). The number of anilines is 1. The quantitative estimate of drug-likeness (QED) is 0.852. The molecule has 0 aliphatic rings. The van der Waals surface area contributed by atoms with Gasteiger partial charge in [-0.3, -0.25) is 4.79 Å². The first-order chi connectivity index (χ1) is 7.77. The summed E-state index contributed by atoms with van der Waals surface area (Å²) in [6.07, 6.45) is 0. The van der Waals surface area contributed by atoms with E-state index in [-0.39, 0.29) is 5.91 Å². The van der Waals surface area contributed by atoms with Gasteiger partial charge in [0.15, 0.2) is 0 Å². The fourth-order valence-electron chi connectivity index (χ4n) is 1.36. The van der Waals surface area contributed by atoms with Gasteiger partial charge in [-0.15, -0.1) is 11.3 Å². The van der Waals surface area contributed by atoms with E-state index in [0.29, 0.717) is 17.1 Å². The molecule has 1 amide bonds. The summed E-state index contributed by atoms with van der Waals surface area (Å²) in [5.74, 6) is -0.114.